The first-order valence-corrected chi connectivity index (χ1v) is 5.39. The maximum Gasteiger partial charge on any atom is 0.253 e. The van der Waals surface area contributed by atoms with E-state index >= 15 is 0 Å². The van der Waals surface area contributed by atoms with Crippen LogP contribution in [-0.4, -0.2) is 11.6 Å². The molecule has 0 spiro atoms. The normalized spacial score (nSPS) is 14.3. The van der Waals surface area contributed by atoms with Gasteiger partial charge in [-0.25, -0.2) is 0 Å². The van der Waals surface area contributed by atoms with Crippen molar-refractivity contribution in [2.24, 2.45) is 5.11 Å². The van der Waals surface area contributed by atoms with E-state index in [2.05, 4.69) is 5.11 Å². The number of fused-ring (bicyclic) bond motifs is 2. The molecule has 0 N–H and O–H groups in total. The highest BCUT2D eigenvalue weighted by molar-refractivity contribution is 6.60. The van der Waals surface area contributed by atoms with E-state index in [9.17, 15) is 9.59 Å². The van der Waals surface area contributed by atoms with Gasteiger partial charge in [0.05, 0.1) is 0 Å². The van der Waals surface area contributed by atoms with Crippen LogP contribution in [0.4, 0.5) is 0 Å². The molecule has 2 aromatic carbocycles. The van der Waals surface area contributed by atoms with Gasteiger partial charge in [-0.15, -0.1) is 5.11 Å². The molecule has 0 amide bonds. The van der Waals surface area contributed by atoms with E-state index in [1.165, 1.54) is 6.08 Å². The van der Waals surface area contributed by atoms with Gasteiger partial charge in [-0.3, -0.25) is 9.59 Å². The van der Waals surface area contributed by atoms with Crippen LogP contribution in [0.5, 0.6) is 0 Å². The van der Waals surface area contributed by atoms with Gasteiger partial charge in [-0.1, -0.05) is 24.3 Å². The Bertz CT molecular complexity index is 834. The summed E-state index contributed by atoms with van der Waals surface area (Å²) in [6.07, 6.45) is 1.28. The van der Waals surface area contributed by atoms with Gasteiger partial charge < -0.3 is 0 Å². The van der Waals surface area contributed by atoms with E-state index in [1.807, 2.05) is 24.3 Å². The molecule has 4 nitrogen and oxygen atoms in total. The largest absolute Gasteiger partial charge is 0.285 e. The highest BCUT2D eigenvalue weighted by atomic mass is 16.2. The molecular formula is C14H7N2O2. The molecule has 18 heavy (non-hydrogen) atoms. The molecule has 0 saturated heterocycles. The molecule has 0 heterocycles. The Labute approximate surface area is 102 Å². The first kappa shape index (κ1) is 10.5. The molecule has 0 atom stereocenters. The number of nitrogens with zero attached hydrogens (tertiary/aromatic N) is 2. The van der Waals surface area contributed by atoms with E-state index in [0.717, 1.165) is 10.8 Å². The number of benzene rings is 2. The summed E-state index contributed by atoms with van der Waals surface area (Å²) < 4.78 is 0. The molecule has 0 saturated carbocycles. The van der Waals surface area contributed by atoms with Crippen molar-refractivity contribution in [1.29, 1.82) is 0 Å². The van der Waals surface area contributed by atoms with E-state index in [4.69, 9.17) is 5.53 Å². The summed E-state index contributed by atoms with van der Waals surface area (Å²) >= 11 is 0. The molecule has 3 rings (SSSR count). The van der Waals surface area contributed by atoms with Gasteiger partial charge in [0.15, 0.2) is 0 Å². The summed E-state index contributed by atoms with van der Waals surface area (Å²) in [5.41, 5.74) is 8.71. The fraction of sp³-hybridized carbons (Fsp3) is 0. The minimum atomic E-state index is -0.778. The van der Waals surface area contributed by atoms with Crippen molar-refractivity contribution in [3.63, 3.8) is 0 Å². The van der Waals surface area contributed by atoms with Crippen molar-refractivity contribution >= 4 is 34.1 Å². The second kappa shape index (κ2) is 3.70. The Morgan fingerprint density at radius 1 is 1.00 bits per heavy atom. The van der Waals surface area contributed by atoms with Crippen molar-refractivity contribution in [3.05, 3.63) is 46.8 Å². The SMILES string of the molecule is [N]=NC1=c2cc3ccccc3cc2=CC(=O)C1=O. The number of hydrogen-bond donors (Lipinski definition) is 0. The molecule has 0 fully saturated rings. The Morgan fingerprint density at radius 2 is 1.67 bits per heavy atom. The van der Waals surface area contributed by atoms with Gasteiger partial charge in [0.25, 0.3) is 5.78 Å². The summed E-state index contributed by atoms with van der Waals surface area (Å²) in [4.78, 5) is 23.0. The van der Waals surface area contributed by atoms with E-state index in [0.29, 0.717) is 10.4 Å². The van der Waals surface area contributed by atoms with Crippen LogP contribution < -0.4 is 16.0 Å². The van der Waals surface area contributed by atoms with Gasteiger partial charge in [0.1, 0.15) is 5.70 Å². The van der Waals surface area contributed by atoms with Crippen LogP contribution in [0.3, 0.4) is 0 Å². The Balaban J connectivity index is 2.58. The maximum atomic E-state index is 11.6. The predicted molar refractivity (Wildman–Crippen MR) is 65.6 cm³/mol. The molecular weight excluding hydrogens is 228 g/mol. The fourth-order valence-corrected chi connectivity index (χ4v) is 2.13. The molecule has 1 radical (unpaired) electrons. The predicted octanol–water partition coefficient (Wildman–Crippen LogP) is 0.133. The zero-order valence-corrected chi connectivity index (χ0v) is 9.25. The van der Waals surface area contributed by atoms with E-state index in [-0.39, 0.29) is 5.70 Å². The summed E-state index contributed by atoms with van der Waals surface area (Å²) in [5, 5.41) is 5.93. The molecule has 0 aromatic heterocycles. The zero-order chi connectivity index (χ0) is 12.7. The smallest absolute Gasteiger partial charge is 0.253 e. The van der Waals surface area contributed by atoms with Crippen LogP contribution in [0.2, 0.25) is 0 Å². The number of hydrogen-bond acceptors (Lipinski definition) is 3. The fourth-order valence-electron chi connectivity index (χ4n) is 2.13. The minimum Gasteiger partial charge on any atom is -0.285 e. The van der Waals surface area contributed by atoms with Gasteiger partial charge in [-0.05, 0) is 39.7 Å². The third-order valence-electron chi connectivity index (χ3n) is 3.00. The Morgan fingerprint density at radius 3 is 2.33 bits per heavy atom. The van der Waals surface area contributed by atoms with Crippen LogP contribution in [0.25, 0.3) is 22.5 Å². The molecule has 4 heteroatoms. The van der Waals surface area contributed by atoms with Gasteiger partial charge in [0.2, 0.25) is 5.78 Å². The van der Waals surface area contributed by atoms with E-state index < -0.39 is 11.6 Å². The summed E-state index contributed by atoms with van der Waals surface area (Å²) in [5.74, 6) is -1.44. The number of ketones is 2. The molecule has 0 aliphatic heterocycles. The van der Waals surface area contributed by atoms with Crippen molar-refractivity contribution in [2.45, 2.75) is 0 Å². The molecule has 0 unspecified atom stereocenters. The average Bonchev–Trinajstić information content (AvgIpc) is 2.38. The van der Waals surface area contributed by atoms with Gasteiger partial charge in [0, 0.05) is 5.22 Å². The maximum absolute atomic E-state index is 11.6. The Kier molecular flexibility index (Phi) is 2.16. The topological polar surface area (TPSA) is 68.8 Å². The van der Waals surface area contributed by atoms with Crippen molar-refractivity contribution in [2.75, 3.05) is 0 Å². The molecule has 2 aromatic rings. The molecule has 85 valence electrons. The summed E-state index contributed by atoms with van der Waals surface area (Å²) in [7, 11) is 0. The Hall–Kier alpha value is -2.62. The molecule has 1 aliphatic carbocycles. The number of carbonyl (C=O) groups excluding carboxylic acids is 2. The first-order chi connectivity index (χ1) is 8.70. The van der Waals surface area contributed by atoms with E-state index in [1.54, 1.807) is 12.1 Å². The molecule has 1 aliphatic rings. The number of Topliss-reactive ketones (excluding diaryl/α,β-unsaturated/α-hetero) is 2. The summed E-state index contributed by atoms with van der Waals surface area (Å²) in [6.45, 7) is 0. The highest BCUT2D eigenvalue weighted by Gasteiger charge is 2.21. The number of carbonyl (C=O) groups is 2. The minimum absolute atomic E-state index is 0.191. The second-order valence-corrected chi connectivity index (χ2v) is 4.07. The third kappa shape index (κ3) is 1.39. The standard InChI is InChI=1S/C14H7N2O2/c15-16-13-11-6-9-4-2-1-3-8(9)5-10(11)7-12(17)14(13)18/h1-7H. The van der Waals surface area contributed by atoms with Crippen LogP contribution >= 0.6 is 0 Å². The van der Waals surface area contributed by atoms with Gasteiger partial charge >= 0.3 is 0 Å². The van der Waals surface area contributed by atoms with Crippen molar-refractivity contribution in [3.8, 4) is 0 Å². The second-order valence-electron chi connectivity index (χ2n) is 4.07. The van der Waals surface area contributed by atoms with Crippen LogP contribution in [0, 0.1) is 0 Å². The lowest BCUT2D eigenvalue weighted by Crippen LogP contribution is -2.36. The lowest BCUT2D eigenvalue weighted by Gasteiger charge is -2.05. The monoisotopic (exact) mass is 235 g/mol. The van der Waals surface area contributed by atoms with Crippen LogP contribution in [-0.2, 0) is 9.59 Å². The summed E-state index contributed by atoms with van der Waals surface area (Å²) in [6, 6.07) is 11.1. The molecule has 0 bridgehead atoms. The lowest BCUT2D eigenvalue weighted by molar-refractivity contribution is -0.129. The number of rotatable bonds is 1. The first-order valence-electron chi connectivity index (χ1n) is 5.39. The average molecular weight is 235 g/mol. The van der Waals surface area contributed by atoms with Crippen molar-refractivity contribution < 1.29 is 9.59 Å². The lowest BCUT2D eigenvalue weighted by atomic mass is 9.99. The zero-order valence-electron chi connectivity index (χ0n) is 9.25. The quantitative estimate of drug-likeness (QED) is 0.521. The third-order valence-corrected chi connectivity index (χ3v) is 3.00. The van der Waals surface area contributed by atoms with Crippen LogP contribution in [0.15, 0.2) is 41.5 Å². The highest BCUT2D eigenvalue weighted by Crippen LogP contribution is 2.10. The van der Waals surface area contributed by atoms with Crippen molar-refractivity contribution in [1.82, 2.24) is 5.53 Å². The van der Waals surface area contributed by atoms with Gasteiger partial charge in [-0.2, -0.15) is 0 Å². The van der Waals surface area contributed by atoms with Crippen LogP contribution in [0.1, 0.15) is 0 Å².